The Balaban J connectivity index is 1.90. The average Bonchev–Trinajstić information content (AvgIpc) is 2.61. The number of ether oxygens (including phenoxy) is 2. The van der Waals surface area contributed by atoms with Crippen molar-refractivity contribution in [1.82, 2.24) is 0 Å². The Morgan fingerprint density at radius 1 is 1.08 bits per heavy atom. The summed E-state index contributed by atoms with van der Waals surface area (Å²) in [4.78, 5) is 25.4. The maximum absolute atomic E-state index is 12.3. The summed E-state index contributed by atoms with van der Waals surface area (Å²) in [5.74, 6) is 0.212. The maximum Gasteiger partial charge on any atom is 0.316 e. The molecule has 0 radical (unpaired) electrons. The van der Waals surface area contributed by atoms with Gasteiger partial charge in [-0.15, -0.1) is 11.8 Å². The number of methoxy groups -OCH3 is 1. The molecule has 4 nitrogen and oxygen atoms in total. The summed E-state index contributed by atoms with van der Waals surface area (Å²) >= 11 is 1.42. The van der Waals surface area contributed by atoms with E-state index in [0.717, 1.165) is 16.0 Å². The number of esters is 1. The molecule has 0 fully saturated rings. The van der Waals surface area contributed by atoms with Gasteiger partial charge in [-0.25, -0.2) is 0 Å². The number of carbonyl (C=O) groups excluding carboxylic acids is 2. The van der Waals surface area contributed by atoms with Crippen LogP contribution in [0.2, 0.25) is 0 Å². The highest BCUT2D eigenvalue weighted by Gasteiger charge is 2.19. The lowest BCUT2D eigenvalue weighted by molar-refractivity contribution is -0.143. The molecule has 0 saturated carbocycles. The fourth-order valence-electron chi connectivity index (χ4n) is 2.27. The van der Waals surface area contributed by atoms with E-state index in [1.54, 1.807) is 38.3 Å². The predicted molar refractivity (Wildman–Crippen MR) is 99.5 cm³/mol. The van der Waals surface area contributed by atoms with Crippen molar-refractivity contribution in [3.05, 3.63) is 59.2 Å². The molecule has 0 N–H and O–H groups in total. The largest absolute Gasteiger partial charge is 0.497 e. The monoisotopic (exact) mass is 358 g/mol. The van der Waals surface area contributed by atoms with Crippen molar-refractivity contribution < 1.29 is 19.1 Å². The number of rotatable bonds is 7. The first kappa shape index (κ1) is 19.1. The van der Waals surface area contributed by atoms with Crippen molar-refractivity contribution in [2.75, 3.05) is 12.9 Å². The highest BCUT2D eigenvalue weighted by atomic mass is 32.2. The molecule has 0 aliphatic heterocycles. The smallest absolute Gasteiger partial charge is 0.316 e. The first-order valence-electron chi connectivity index (χ1n) is 7.98. The Kier molecular flexibility index (Phi) is 6.65. The van der Waals surface area contributed by atoms with Crippen LogP contribution in [0.15, 0.2) is 47.4 Å². The molecule has 0 amide bonds. The molecular formula is C20H22O4S. The van der Waals surface area contributed by atoms with Crippen LogP contribution >= 0.6 is 11.8 Å². The zero-order valence-corrected chi connectivity index (χ0v) is 15.7. The molecule has 2 aromatic carbocycles. The molecule has 25 heavy (non-hydrogen) atoms. The van der Waals surface area contributed by atoms with Crippen LogP contribution in [-0.4, -0.2) is 30.7 Å². The highest BCUT2D eigenvalue weighted by molar-refractivity contribution is 8.00. The van der Waals surface area contributed by atoms with E-state index in [0.29, 0.717) is 11.3 Å². The molecule has 0 heterocycles. The van der Waals surface area contributed by atoms with Crippen molar-refractivity contribution in [1.29, 1.82) is 0 Å². The Labute approximate surface area is 152 Å². The molecule has 132 valence electrons. The molecule has 2 rings (SSSR count). The summed E-state index contributed by atoms with van der Waals surface area (Å²) in [6, 6.07) is 12.8. The van der Waals surface area contributed by atoms with Gasteiger partial charge in [0.05, 0.1) is 12.9 Å². The van der Waals surface area contributed by atoms with E-state index in [1.165, 1.54) is 11.8 Å². The Hall–Kier alpha value is -2.27. The summed E-state index contributed by atoms with van der Waals surface area (Å²) in [5, 5.41) is 0. The van der Waals surface area contributed by atoms with E-state index >= 15 is 0 Å². The number of hydrogen-bond acceptors (Lipinski definition) is 5. The second-order valence-electron chi connectivity index (χ2n) is 5.78. The minimum atomic E-state index is -0.819. The Bertz CT molecular complexity index is 753. The van der Waals surface area contributed by atoms with Gasteiger partial charge >= 0.3 is 5.97 Å². The van der Waals surface area contributed by atoms with Crippen LogP contribution in [0.1, 0.15) is 28.4 Å². The summed E-state index contributed by atoms with van der Waals surface area (Å²) in [7, 11) is 1.56. The second kappa shape index (κ2) is 8.72. The molecular weight excluding hydrogens is 336 g/mol. The molecule has 5 heteroatoms. The van der Waals surface area contributed by atoms with E-state index in [1.807, 2.05) is 32.0 Å². The molecule has 1 atom stereocenters. The molecule has 0 bridgehead atoms. The zero-order chi connectivity index (χ0) is 18.4. The number of benzene rings is 2. The summed E-state index contributed by atoms with van der Waals surface area (Å²) in [6.45, 7) is 5.60. The van der Waals surface area contributed by atoms with E-state index in [9.17, 15) is 9.59 Å². The minimum Gasteiger partial charge on any atom is -0.497 e. The topological polar surface area (TPSA) is 52.6 Å². The number of carbonyl (C=O) groups is 2. The van der Waals surface area contributed by atoms with Gasteiger partial charge in [-0.05, 0) is 56.7 Å². The van der Waals surface area contributed by atoms with Crippen molar-refractivity contribution >= 4 is 23.5 Å². The van der Waals surface area contributed by atoms with Crippen LogP contribution in [0.5, 0.6) is 5.75 Å². The van der Waals surface area contributed by atoms with Gasteiger partial charge < -0.3 is 9.47 Å². The lowest BCUT2D eigenvalue weighted by atomic mass is 10.1. The fourth-order valence-corrected chi connectivity index (χ4v) is 3.18. The molecule has 0 aliphatic carbocycles. The molecule has 2 aromatic rings. The third-order valence-electron chi connectivity index (χ3n) is 3.74. The summed E-state index contributed by atoms with van der Waals surface area (Å²) < 4.78 is 10.3. The van der Waals surface area contributed by atoms with Gasteiger partial charge in [0.1, 0.15) is 5.75 Å². The summed E-state index contributed by atoms with van der Waals surface area (Å²) in [6.07, 6.45) is -0.819. The van der Waals surface area contributed by atoms with E-state index < -0.39 is 12.1 Å². The summed E-state index contributed by atoms with van der Waals surface area (Å²) in [5.41, 5.74) is 2.75. The number of aryl methyl sites for hydroxylation is 2. The predicted octanol–water partition coefficient (Wildman–Crippen LogP) is 4.22. The third kappa shape index (κ3) is 5.36. The molecule has 0 aromatic heterocycles. The van der Waals surface area contributed by atoms with Crippen LogP contribution in [0.4, 0.5) is 0 Å². The zero-order valence-electron chi connectivity index (χ0n) is 14.9. The van der Waals surface area contributed by atoms with Gasteiger partial charge in [0.15, 0.2) is 6.10 Å². The standard InChI is InChI=1S/C20H22O4S/c1-13-5-6-14(2)18(11-13)25-12-19(21)24-15(3)20(22)16-7-9-17(23-4)10-8-16/h5-11,15H,12H2,1-4H3/t15-/m1/s1. The number of thioether (sulfide) groups is 1. The number of hydrogen-bond donors (Lipinski definition) is 0. The van der Waals surface area contributed by atoms with Crippen LogP contribution in [-0.2, 0) is 9.53 Å². The first-order valence-corrected chi connectivity index (χ1v) is 8.97. The highest BCUT2D eigenvalue weighted by Crippen LogP contribution is 2.24. The number of Topliss-reactive ketones (excluding diaryl/α,β-unsaturated/α-hetero) is 1. The van der Waals surface area contributed by atoms with Crippen LogP contribution in [0, 0.1) is 13.8 Å². The van der Waals surface area contributed by atoms with Crippen LogP contribution in [0.3, 0.4) is 0 Å². The fraction of sp³-hybridized carbons (Fsp3) is 0.300. The van der Waals surface area contributed by atoms with Crippen LogP contribution in [0.25, 0.3) is 0 Å². The van der Waals surface area contributed by atoms with Gasteiger partial charge in [-0.1, -0.05) is 17.7 Å². The molecule has 0 unspecified atom stereocenters. The van der Waals surface area contributed by atoms with E-state index in [4.69, 9.17) is 9.47 Å². The van der Waals surface area contributed by atoms with Gasteiger partial charge in [0.2, 0.25) is 5.78 Å². The van der Waals surface area contributed by atoms with Crippen molar-refractivity contribution in [2.45, 2.75) is 31.8 Å². The van der Waals surface area contributed by atoms with Gasteiger partial charge in [-0.3, -0.25) is 9.59 Å². The maximum atomic E-state index is 12.3. The molecule has 0 saturated heterocycles. The van der Waals surface area contributed by atoms with Crippen molar-refractivity contribution in [3.63, 3.8) is 0 Å². The van der Waals surface area contributed by atoms with Crippen molar-refractivity contribution in [2.24, 2.45) is 0 Å². The normalized spacial score (nSPS) is 11.7. The van der Waals surface area contributed by atoms with Gasteiger partial charge in [0, 0.05) is 10.5 Å². The number of ketones is 1. The quantitative estimate of drug-likeness (QED) is 0.421. The van der Waals surface area contributed by atoms with E-state index in [2.05, 4.69) is 0 Å². The SMILES string of the molecule is COc1ccc(C(=O)[C@@H](C)OC(=O)CSc2cc(C)ccc2C)cc1. The lowest BCUT2D eigenvalue weighted by Crippen LogP contribution is -2.25. The minimum absolute atomic E-state index is 0.171. The molecule has 0 aliphatic rings. The van der Waals surface area contributed by atoms with Crippen molar-refractivity contribution in [3.8, 4) is 5.75 Å². The molecule has 0 spiro atoms. The third-order valence-corrected chi connectivity index (χ3v) is 4.87. The average molecular weight is 358 g/mol. The van der Waals surface area contributed by atoms with E-state index in [-0.39, 0.29) is 11.5 Å². The van der Waals surface area contributed by atoms with Crippen LogP contribution < -0.4 is 4.74 Å². The second-order valence-corrected chi connectivity index (χ2v) is 6.80. The first-order chi connectivity index (χ1) is 11.9. The Morgan fingerprint density at radius 2 is 1.76 bits per heavy atom. The lowest BCUT2D eigenvalue weighted by Gasteiger charge is -2.13. The Morgan fingerprint density at radius 3 is 2.40 bits per heavy atom. The van der Waals surface area contributed by atoms with Gasteiger partial charge in [0.25, 0.3) is 0 Å². The van der Waals surface area contributed by atoms with Gasteiger partial charge in [-0.2, -0.15) is 0 Å².